The number of methoxy groups -OCH3 is 3. The number of phenolic OH excluding ortho intramolecular Hbond substituents is 1. The van der Waals surface area contributed by atoms with Crippen molar-refractivity contribution < 1.29 is 114 Å². The Kier molecular flexibility index (Phi) is 25.3. The predicted molar refractivity (Wildman–Crippen MR) is 363 cm³/mol. The molecule has 12 rings (SSSR count). The number of carboxylic acid groups (broad SMARTS) is 1. The Hall–Kier alpha value is -8.72. The third-order valence-corrected chi connectivity index (χ3v) is 18.8. The molecule has 30 heteroatoms. The molecule has 0 radical (unpaired) electrons. The average Bonchev–Trinajstić information content (AvgIpc) is 1.38. The topological polar surface area (TPSA) is 290 Å². The number of fused-ring (bicyclic) bond motifs is 18. The number of aromatic nitrogens is 3. The molecule has 0 amide bonds. The van der Waals surface area contributed by atoms with Gasteiger partial charge < -0.3 is 63.1 Å². The van der Waals surface area contributed by atoms with Crippen LogP contribution in [0.1, 0.15) is 179 Å². The van der Waals surface area contributed by atoms with E-state index in [2.05, 4.69) is 37.7 Å². The number of halogens is 4. The first kappa shape index (κ1) is 79.0. The molecule has 0 aliphatic carbocycles. The maximum atomic E-state index is 13.3. The van der Waals surface area contributed by atoms with Gasteiger partial charge in [0.15, 0.2) is 50.8 Å². The number of pyridine rings is 3. The van der Waals surface area contributed by atoms with Crippen molar-refractivity contribution in [2.24, 2.45) is 0 Å². The fourth-order valence-corrected chi connectivity index (χ4v) is 14.3. The van der Waals surface area contributed by atoms with Gasteiger partial charge in [-0.05, 0) is 147 Å². The molecule has 25 nitrogen and oxygen atoms in total. The van der Waals surface area contributed by atoms with Crippen molar-refractivity contribution in [1.82, 2.24) is 14.0 Å². The minimum Gasteiger partial charge on any atom is -0.870 e. The van der Waals surface area contributed by atoms with E-state index in [9.17, 15) is 56.5 Å². The van der Waals surface area contributed by atoms with Crippen molar-refractivity contribution in [2.75, 3.05) is 89.2 Å². The average molecular weight is 1420 g/mol. The van der Waals surface area contributed by atoms with Crippen molar-refractivity contribution in [1.29, 1.82) is 0 Å². The molecule has 548 valence electrons. The number of carbonyl (C=O) groups excluding carboxylic acids is 2. The molecule has 6 aliphatic heterocycles. The Morgan fingerprint density at radius 3 is 1.12 bits per heavy atom. The van der Waals surface area contributed by atoms with Gasteiger partial charge >= 0.3 is 50.0 Å². The van der Waals surface area contributed by atoms with Gasteiger partial charge in [0.25, 0.3) is 0 Å². The number of esters is 2. The maximum Gasteiger partial charge on any atom is 1.00 e. The van der Waals surface area contributed by atoms with E-state index in [1.807, 2.05) is 29.6 Å². The molecule has 9 heterocycles. The Balaban J connectivity index is 0.000000192. The molecule has 3 atom stereocenters. The molecule has 6 aromatic rings. The van der Waals surface area contributed by atoms with Gasteiger partial charge in [-0.15, -0.1) is 0 Å². The first-order valence-electron chi connectivity index (χ1n) is 33.3. The van der Waals surface area contributed by atoms with Crippen LogP contribution in [0.25, 0.3) is 33.8 Å². The zero-order valence-corrected chi connectivity index (χ0v) is 59.4. The van der Waals surface area contributed by atoms with Crippen molar-refractivity contribution >= 4 is 17.9 Å². The van der Waals surface area contributed by atoms with E-state index in [4.69, 9.17) is 47.4 Å². The van der Waals surface area contributed by atoms with E-state index in [1.165, 1.54) is 42.7 Å². The summed E-state index contributed by atoms with van der Waals surface area (Å²) in [5.74, 6) is -2.08. The molecule has 3 N–H and O–H groups in total. The Morgan fingerprint density at radius 2 is 0.794 bits per heavy atom. The summed E-state index contributed by atoms with van der Waals surface area (Å²) in [6.45, 7) is 12.6. The van der Waals surface area contributed by atoms with Crippen molar-refractivity contribution in [2.45, 2.75) is 161 Å². The summed E-state index contributed by atoms with van der Waals surface area (Å²) in [6, 6.07) is 13.7. The second kappa shape index (κ2) is 32.7. The fourth-order valence-electron chi connectivity index (χ4n) is 14.3. The summed E-state index contributed by atoms with van der Waals surface area (Å²) in [5.41, 5.74) is 3.22. The van der Waals surface area contributed by atoms with Crippen LogP contribution in [-0.2, 0) is 23.7 Å². The van der Waals surface area contributed by atoms with Gasteiger partial charge in [-0.25, -0.2) is 14.4 Å². The molecule has 3 saturated heterocycles. The monoisotopic (exact) mass is 1420 g/mol. The minimum atomic E-state index is -3.06. The van der Waals surface area contributed by atoms with Crippen LogP contribution in [0.3, 0.4) is 0 Å². The summed E-state index contributed by atoms with van der Waals surface area (Å²) < 4.78 is 110. The van der Waals surface area contributed by atoms with Gasteiger partial charge in [-0.2, -0.15) is 17.6 Å². The van der Waals surface area contributed by atoms with Crippen LogP contribution in [-0.4, -0.2) is 152 Å². The number of benzene rings is 3. The number of ether oxygens (including phenoxy) is 10. The van der Waals surface area contributed by atoms with Crippen LogP contribution in [0, 0.1) is 0 Å². The molecule has 0 saturated carbocycles. The molecule has 6 aliphatic rings. The maximum absolute atomic E-state index is 13.3. The number of phenols is 1. The van der Waals surface area contributed by atoms with Crippen molar-refractivity contribution in [3.63, 3.8) is 0 Å². The zero-order chi connectivity index (χ0) is 72.3. The Bertz CT molecular complexity index is 4240. The number of rotatable bonds is 24. The Labute approximate surface area is 599 Å². The second-order valence-electron chi connectivity index (χ2n) is 26.7. The molecule has 3 fully saturated rings. The van der Waals surface area contributed by atoms with E-state index in [-0.39, 0.29) is 131 Å². The predicted octanol–water partition coefficient (Wildman–Crippen LogP) is 8.27. The quantitative estimate of drug-likeness (QED) is 0.0249. The van der Waals surface area contributed by atoms with Gasteiger partial charge in [0, 0.05) is 114 Å². The van der Waals surface area contributed by atoms with Crippen LogP contribution in [0.5, 0.6) is 34.5 Å². The van der Waals surface area contributed by atoms with Gasteiger partial charge in [-0.1, -0.05) is 0 Å². The standard InChI is InChI=1S/C25H30F2N2O6.C24H30N2O6.C23H26F2N2O6.Li.H2O/c1-5-33-23(31)17-14-28-19(13-20(17)30)16-12-22(35-24(26)27)21(34-10-6-9-32-4)11-15(16)18-7-8-25(2,3)29(18)28;1-5-31-23(29)17-14-25-19(13-20(17)27)15-11-21(28)22(32-10-6-9-30-4)12-16(15)18-7-8-24(2,3)26(18)25;1-23(2)6-5-16-13-9-19(32-8-4-7-31-3)20(33-22(24)25)10-14(13)17-11-18(28)15(21(29)30)12-26(17)27(16)23;;/h11-14,18,24H,5-10H2,1-4H3;11-14,18,28H,5-10H2,1-4H3;9-12,16,22H,4-8H2,1-3H3,(H,29,30);;1H2/q;;;+1;/p-1. The first-order chi connectivity index (χ1) is 47.6. The number of hydrogen-bond acceptors (Lipinski definition) is 21. The van der Waals surface area contributed by atoms with Crippen molar-refractivity contribution in [3.8, 4) is 68.3 Å². The van der Waals surface area contributed by atoms with Crippen LogP contribution in [0.2, 0.25) is 0 Å². The first-order valence-corrected chi connectivity index (χ1v) is 33.3. The summed E-state index contributed by atoms with van der Waals surface area (Å²) >= 11 is 0. The number of alkyl halides is 4. The number of carbonyl (C=O) groups is 3. The number of aromatic carboxylic acids is 1. The third kappa shape index (κ3) is 16.1. The summed E-state index contributed by atoms with van der Waals surface area (Å²) in [4.78, 5) is 74.6. The summed E-state index contributed by atoms with van der Waals surface area (Å²) in [6.07, 6.45) is 11.3. The normalized spacial score (nSPS) is 17.5. The molecule has 0 bridgehead atoms. The van der Waals surface area contributed by atoms with Crippen molar-refractivity contribution in [3.05, 3.63) is 137 Å². The van der Waals surface area contributed by atoms with Crippen LogP contribution in [0.4, 0.5) is 17.6 Å². The molecule has 102 heavy (non-hydrogen) atoms. The molecule has 0 spiro atoms. The van der Waals surface area contributed by atoms with E-state index >= 15 is 0 Å². The number of aromatic hydroxyl groups is 1. The third-order valence-electron chi connectivity index (χ3n) is 18.8. The smallest absolute Gasteiger partial charge is 0.870 e. The van der Waals surface area contributed by atoms with Crippen LogP contribution in [0.15, 0.2) is 87.6 Å². The van der Waals surface area contributed by atoms with Crippen LogP contribution >= 0.6 is 0 Å². The fraction of sp³-hybridized carbons (Fsp3) is 0.500. The molecular weight excluding hydrogens is 1340 g/mol. The van der Waals surface area contributed by atoms with Gasteiger partial charge in [0.05, 0.1) is 84.9 Å². The van der Waals surface area contributed by atoms with Gasteiger partial charge in [0.2, 0.25) is 0 Å². The summed E-state index contributed by atoms with van der Waals surface area (Å²) in [5, 5.41) is 26.5. The zero-order valence-electron chi connectivity index (χ0n) is 59.4. The van der Waals surface area contributed by atoms with Gasteiger partial charge in [-0.3, -0.25) is 43.4 Å². The number of hydrogen-bond donors (Lipinski definition) is 2. The largest absolute Gasteiger partial charge is 1.00 e. The van der Waals surface area contributed by atoms with E-state index in [0.717, 1.165) is 60.8 Å². The summed E-state index contributed by atoms with van der Waals surface area (Å²) in [7, 11) is 4.78. The molecule has 3 aromatic carbocycles. The molecule has 3 aromatic heterocycles. The molecular formula is C72H87F4LiN6O19. The van der Waals surface area contributed by atoms with Gasteiger partial charge in [0.1, 0.15) is 16.7 Å². The van der Waals surface area contributed by atoms with E-state index < -0.39 is 47.4 Å². The van der Waals surface area contributed by atoms with E-state index in [0.29, 0.717) is 79.6 Å². The SMILES string of the molecule is CCOC(=O)c1cn2c(cc1=O)-c1cc(O)c(OCCCOC)cc1C1CCC(C)(C)N12.CCOC(=O)c1cn2c(cc1=O)-c1cc(OC(F)F)c(OCCCOC)cc1C1CCC(C)(C)N12.COCCCOc1cc2c(cc1OC(F)F)-c1cc(=O)c(C(=O)O)cn1N1C2CCC1(C)C.[Li+].[OH-]. The molecule has 3 unspecified atom stereocenters. The second-order valence-corrected chi connectivity index (χ2v) is 26.7. The number of nitrogens with zero attached hydrogens (tertiary/aromatic N) is 6. The Morgan fingerprint density at radius 1 is 0.480 bits per heavy atom. The number of carboxylic acids is 1. The van der Waals surface area contributed by atoms with E-state index in [1.54, 1.807) is 68.9 Å². The van der Waals surface area contributed by atoms with Crippen LogP contribution < -0.4 is 73.9 Å². The minimum absolute atomic E-state index is 0.